The molecule has 1 atom stereocenters. The number of nitrogen functional groups attached to an aromatic ring is 1. The summed E-state index contributed by atoms with van der Waals surface area (Å²) in [6.45, 7) is 4.11. The van der Waals surface area contributed by atoms with Crippen LogP contribution in [0, 0.1) is 6.92 Å². The minimum Gasteiger partial charge on any atom is -0.399 e. The lowest BCUT2D eigenvalue weighted by atomic mass is 10.2. The Morgan fingerprint density at radius 1 is 1.44 bits per heavy atom. The lowest BCUT2D eigenvalue weighted by Crippen LogP contribution is -2.33. The van der Waals surface area contributed by atoms with Gasteiger partial charge in [0.15, 0.2) is 0 Å². The number of aryl methyl sites for hydroxylation is 1. The number of benzene rings is 1. The van der Waals surface area contributed by atoms with Crippen LogP contribution in [0.25, 0.3) is 0 Å². The van der Waals surface area contributed by atoms with Crippen LogP contribution < -0.4 is 10.5 Å². The molecule has 0 bridgehead atoms. The van der Waals surface area contributed by atoms with Gasteiger partial charge in [0.05, 0.1) is 4.90 Å². The van der Waals surface area contributed by atoms with Gasteiger partial charge in [0.2, 0.25) is 10.0 Å². The van der Waals surface area contributed by atoms with Crippen molar-refractivity contribution in [1.82, 2.24) is 4.72 Å². The Kier molecular flexibility index (Phi) is 5.13. The van der Waals surface area contributed by atoms with E-state index in [9.17, 15) is 8.42 Å². The molecule has 0 radical (unpaired) electrons. The van der Waals surface area contributed by atoms with Gasteiger partial charge in [-0.3, -0.25) is 0 Å². The van der Waals surface area contributed by atoms with Crippen molar-refractivity contribution in [1.29, 1.82) is 0 Å². The average Bonchev–Trinajstić information content (AvgIpc) is 2.29. The lowest BCUT2D eigenvalue weighted by Gasteiger charge is -2.14. The Labute approximate surface area is 108 Å². The Morgan fingerprint density at radius 2 is 2.11 bits per heavy atom. The van der Waals surface area contributed by atoms with Gasteiger partial charge in [0.25, 0.3) is 0 Å². The first-order chi connectivity index (χ1) is 8.36. The number of nitrogens with one attached hydrogen (secondary N) is 1. The fourth-order valence-electron chi connectivity index (χ4n) is 1.50. The van der Waals surface area contributed by atoms with E-state index in [-0.39, 0.29) is 10.9 Å². The molecule has 0 aliphatic carbocycles. The Morgan fingerprint density at radius 3 is 2.67 bits per heavy atom. The molecule has 1 unspecified atom stereocenters. The number of anilines is 1. The van der Waals surface area contributed by atoms with E-state index in [4.69, 9.17) is 10.5 Å². The van der Waals surface area contributed by atoms with E-state index in [0.29, 0.717) is 18.7 Å². The zero-order valence-electron chi connectivity index (χ0n) is 10.9. The van der Waals surface area contributed by atoms with Crippen molar-refractivity contribution in [3.8, 4) is 0 Å². The second-order valence-electron chi connectivity index (χ2n) is 4.32. The highest BCUT2D eigenvalue weighted by atomic mass is 32.2. The maximum Gasteiger partial charge on any atom is 0.240 e. The monoisotopic (exact) mass is 272 g/mol. The summed E-state index contributed by atoms with van der Waals surface area (Å²) in [5.41, 5.74) is 7.00. The third kappa shape index (κ3) is 3.97. The number of hydrogen-bond donors (Lipinski definition) is 2. The van der Waals surface area contributed by atoms with Gasteiger partial charge >= 0.3 is 0 Å². The Hall–Kier alpha value is -1.11. The van der Waals surface area contributed by atoms with Gasteiger partial charge < -0.3 is 10.5 Å². The van der Waals surface area contributed by atoms with Gasteiger partial charge in [0, 0.05) is 25.4 Å². The first kappa shape index (κ1) is 14.9. The molecule has 1 rings (SSSR count). The van der Waals surface area contributed by atoms with Gasteiger partial charge in [-0.25, -0.2) is 13.1 Å². The molecule has 0 heterocycles. The van der Waals surface area contributed by atoms with E-state index >= 15 is 0 Å². The minimum absolute atomic E-state index is 0.173. The molecule has 5 nitrogen and oxygen atoms in total. The standard InChI is InChI=1S/C12H20N2O3S/c1-9-8-11(4-5-12(9)13)18(15,16)14-10(2)6-7-17-3/h4-5,8,10,14H,6-7,13H2,1-3H3. The summed E-state index contributed by atoms with van der Waals surface area (Å²) in [5.74, 6) is 0. The molecule has 0 saturated carbocycles. The molecule has 0 aliphatic heterocycles. The van der Waals surface area contributed by atoms with Gasteiger partial charge in [-0.1, -0.05) is 0 Å². The van der Waals surface area contributed by atoms with Crippen LogP contribution in [0.1, 0.15) is 18.9 Å². The number of sulfonamides is 1. The van der Waals surface area contributed by atoms with Crippen LogP contribution in [0.15, 0.2) is 23.1 Å². The molecular weight excluding hydrogens is 252 g/mol. The van der Waals surface area contributed by atoms with Crippen LogP contribution in [-0.2, 0) is 14.8 Å². The molecule has 3 N–H and O–H groups in total. The quantitative estimate of drug-likeness (QED) is 0.764. The lowest BCUT2D eigenvalue weighted by molar-refractivity contribution is 0.188. The summed E-state index contributed by atoms with van der Waals surface area (Å²) in [7, 11) is -1.90. The smallest absolute Gasteiger partial charge is 0.240 e. The SMILES string of the molecule is COCCC(C)NS(=O)(=O)c1ccc(N)c(C)c1. The van der Waals surface area contributed by atoms with E-state index in [0.717, 1.165) is 5.56 Å². The summed E-state index contributed by atoms with van der Waals surface area (Å²) in [6, 6.07) is 4.51. The molecule has 6 heteroatoms. The largest absolute Gasteiger partial charge is 0.399 e. The van der Waals surface area contributed by atoms with Gasteiger partial charge in [-0.15, -0.1) is 0 Å². The van der Waals surface area contributed by atoms with E-state index < -0.39 is 10.0 Å². The van der Waals surface area contributed by atoms with Crippen LogP contribution in [0.5, 0.6) is 0 Å². The number of nitrogens with two attached hydrogens (primary N) is 1. The summed E-state index contributed by atoms with van der Waals surface area (Å²) in [6.07, 6.45) is 0.629. The summed E-state index contributed by atoms with van der Waals surface area (Å²) in [5, 5.41) is 0. The van der Waals surface area contributed by atoms with Crippen molar-refractivity contribution in [3.63, 3.8) is 0 Å². The number of hydrogen-bond acceptors (Lipinski definition) is 4. The third-order valence-electron chi connectivity index (χ3n) is 2.66. The highest BCUT2D eigenvalue weighted by molar-refractivity contribution is 7.89. The summed E-state index contributed by atoms with van der Waals surface area (Å²) < 4.78 is 31.7. The van der Waals surface area contributed by atoms with Crippen molar-refractivity contribution in [2.45, 2.75) is 31.2 Å². The normalized spacial score (nSPS) is 13.5. The van der Waals surface area contributed by atoms with E-state index in [2.05, 4.69) is 4.72 Å². The molecule has 0 spiro atoms. The van der Waals surface area contributed by atoms with Crippen molar-refractivity contribution in [3.05, 3.63) is 23.8 Å². The molecule has 18 heavy (non-hydrogen) atoms. The first-order valence-electron chi connectivity index (χ1n) is 5.74. The molecule has 0 amide bonds. The van der Waals surface area contributed by atoms with Gasteiger partial charge in [-0.2, -0.15) is 0 Å². The maximum absolute atomic E-state index is 12.1. The van der Waals surface area contributed by atoms with Gasteiger partial charge in [0.1, 0.15) is 0 Å². The molecule has 102 valence electrons. The van der Waals surface area contributed by atoms with Crippen molar-refractivity contribution in [2.75, 3.05) is 19.5 Å². The van der Waals surface area contributed by atoms with E-state index in [1.165, 1.54) is 6.07 Å². The van der Waals surface area contributed by atoms with Crippen LogP contribution >= 0.6 is 0 Å². The van der Waals surface area contributed by atoms with Crippen LogP contribution in [0.3, 0.4) is 0 Å². The molecule has 0 fully saturated rings. The fourth-order valence-corrected chi connectivity index (χ4v) is 2.86. The zero-order valence-corrected chi connectivity index (χ0v) is 11.8. The number of rotatable bonds is 6. The van der Waals surface area contributed by atoms with E-state index in [1.807, 2.05) is 0 Å². The fraction of sp³-hybridized carbons (Fsp3) is 0.500. The van der Waals surface area contributed by atoms with Crippen LogP contribution in [0.4, 0.5) is 5.69 Å². The molecular formula is C12H20N2O3S. The number of ether oxygens (including phenoxy) is 1. The summed E-state index contributed by atoms with van der Waals surface area (Å²) >= 11 is 0. The number of methoxy groups -OCH3 is 1. The van der Waals surface area contributed by atoms with Crippen LogP contribution in [-0.4, -0.2) is 28.2 Å². The summed E-state index contributed by atoms with van der Waals surface area (Å²) in [4.78, 5) is 0.235. The molecule has 0 saturated heterocycles. The predicted molar refractivity (Wildman–Crippen MR) is 71.9 cm³/mol. The van der Waals surface area contributed by atoms with Crippen molar-refractivity contribution >= 4 is 15.7 Å². The van der Waals surface area contributed by atoms with Crippen molar-refractivity contribution < 1.29 is 13.2 Å². The predicted octanol–water partition coefficient (Wildman–Crippen LogP) is 1.28. The maximum atomic E-state index is 12.1. The van der Waals surface area contributed by atoms with Crippen molar-refractivity contribution in [2.24, 2.45) is 0 Å². The molecule has 0 aromatic heterocycles. The highest BCUT2D eigenvalue weighted by Gasteiger charge is 2.17. The molecule has 1 aromatic rings. The second kappa shape index (κ2) is 6.17. The molecule has 1 aromatic carbocycles. The molecule has 0 aliphatic rings. The van der Waals surface area contributed by atoms with Gasteiger partial charge in [-0.05, 0) is 44.0 Å². The topological polar surface area (TPSA) is 81.4 Å². The second-order valence-corrected chi connectivity index (χ2v) is 6.04. The first-order valence-corrected chi connectivity index (χ1v) is 7.22. The van der Waals surface area contributed by atoms with Crippen LogP contribution in [0.2, 0.25) is 0 Å². The highest BCUT2D eigenvalue weighted by Crippen LogP contribution is 2.17. The Balaban J connectivity index is 2.83. The third-order valence-corrected chi connectivity index (χ3v) is 4.25. The average molecular weight is 272 g/mol. The Bertz CT molecular complexity index is 500. The van der Waals surface area contributed by atoms with E-state index in [1.54, 1.807) is 33.1 Å². The zero-order chi connectivity index (χ0) is 13.8. The minimum atomic E-state index is -3.49.